The number of imidazole rings is 1. The summed E-state index contributed by atoms with van der Waals surface area (Å²) in [5.74, 6) is 1.79. The summed E-state index contributed by atoms with van der Waals surface area (Å²) < 4.78 is 14.6. The average molecular weight is 482 g/mol. The van der Waals surface area contributed by atoms with Crippen LogP contribution in [-0.4, -0.2) is 47.9 Å². The van der Waals surface area contributed by atoms with Crippen LogP contribution in [-0.2, 0) is 6.42 Å². The molecule has 2 aliphatic rings. The zero-order valence-corrected chi connectivity index (χ0v) is 19.3. The van der Waals surface area contributed by atoms with Crippen LogP contribution in [0.1, 0.15) is 49.3 Å². The number of fused-ring (bicyclic) bond motifs is 1. The van der Waals surface area contributed by atoms with E-state index >= 15 is 0 Å². The lowest BCUT2D eigenvalue weighted by Gasteiger charge is -2.31. The number of halogens is 2. The first-order valence-corrected chi connectivity index (χ1v) is 12.1. The zero-order chi connectivity index (χ0) is 23.2. The maximum atomic E-state index is 13.1. The van der Waals surface area contributed by atoms with Crippen LogP contribution in [0.15, 0.2) is 30.6 Å². The Morgan fingerprint density at radius 3 is 2.62 bits per heavy atom. The van der Waals surface area contributed by atoms with Gasteiger partial charge >= 0.3 is 0 Å². The number of aromatic hydroxyl groups is 1. The van der Waals surface area contributed by atoms with Crippen LogP contribution in [0.4, 0.5) is 10.3 Å². The van der Waals surface area contributed by atoms with Crippen LogP contribution in [0.25, 0.3) is 17.0 Å². The number of hydrogen-bond donors (Lipinski definition) is 2. The quantitative estimate of drug-likeness (QED) is 0.412. The van der Waals surface area contributed by atoms with Crippen LogP contribution in [0.2, 0.25) is 5.02 Å². The minimum absolute atomic E-state index is 0.171. The lowest BCUT2D eigenvalue weighted by Crippen LogP contribution is -2.35. The molecule has 1 aliphatic heterocycles. The van der Waals surface area contributed by atoms with Crippen molar-refractivity contribution in [3.05, 3.63) is 52.7 Å². The third-order valence-corrected chi connectivity index (χ3v) is 7.13. The molecule has 0 unspecified atom stereocenters. The van der Waals surface area contributed by atoms with Crippen molar-refractivity contribution in [1.82, 2.24) is 29.7 Å². The van der Waals surface area contributed by atoms with E-state index in [9.17, 15) is 9.50 Å². The number of nitrogens with zero attached hydrogens (tertiary/aromatic N) is 6. The Morgan fingerprint density at radius 1 is 1.12 bits per heavy atom. The van der Waals surface area contributed by atoms with Gasteiger partial charge in [0.05, 0.1) is 29.1 Å². The minimum Gasteiger partial charge on any atom is -0.493 e. The lowest BCUT2D eigenvalue weighted by molar-refractivity contribution is 0.373. The molecule has 1 aromatic carbocycles. The monoisotopic (exact) mass is 481 g/mol. The lowest BCUT2D eigenvalue weighted by atomic mass is 9.90. The van der Waals surface area contributed by atoms with Gasteiger partial charge in [0.25, 0.3) is 0 Å². The number of nitrogens with one attached hydrogen (secondary N) is 1. The molecule has 176 valence electrons. The molecule has 0 bridgehead atoms. The van der Waals surface area contributed by atoms with Gasteiger partial charge in [0, 0.05) is 29.6 Å². The molecule has 2 fully saturated rings. The van der Waals surface area contributed by atoms with Gasteiger partial charge in [0.2, 0.25) is 17.8 Å². The topological polar surface area (TPSA) is 95.8 Å². The number of rotatable bonds is 6. The highest BCUT2D eigenvalue weighted by Crippen LogP contribution is 2.44. The molecule has 6 rings (SSSR count). The van der Waals surface area contributed by atoms with Gasteiger partial charge in [-0.15, -0.1) is 0 Å². The predicted molar refractivity (Wildman–Crippen MR) is 127 cm³/mol. The van der Waals surface area contributed by atoms with Crippen LogP contribution in [0, 0.1) is 11.7 Å². The number of piperidine rings is 1. The van der Waals surface area contributed by atoms with Crippen molar-refractivity contribution in [2.75, 3.05) is 18.0 Å². The van der Waals surface area contributed by atoms with Crippen molar-refractivity contribution in [2.45, 2.75) is 44.4 Å². The summed E-state index contributed by atoms with van der Waals surface area (Å²) in [4.78, 5) is 18.1. The highest BCUT2D eigenvalue weighted by Gasteiger charge is 2.33. The summed E-state index contributed by atoms with van der Waals surface area (Å²) in [6.45, 7) is 1.69. The first-order valence-electron chi connectivity index (χ1n) is 11.7. The first kappa shape index (κ1) is 21.3. The van der Waals surface area contributed by atoms with E-state index in [1.54, 1.807) is 6.07 Å². The first-order chi connectivity index (χ1) is 16.5. The molecule has 8 nitrogen and oxygen atoms in total. The van der Waals surface area contributed by atoms with Crippen molar-refractivity contribution >= 4 is 28.6 Å². The molecule has 2 N–H and O–H groups in total. The SMILES string of the molecule is Oc1c(CCC2CCN(c3ncc(F)cn3)CC2)c(C2CC2)nn1-c1nc2cc(Cl)ccc2[nH]1. The molecule has 0 atom stereocenters. The van der Waals surface area contributed by atoms with Crippen molar-refractivity contribution in [3.63, 3.8) is 0 Å². The molecular formula is C24H25ClFN7O. The van der Waals surface area contributed by atoms with E-state index in [1.165, 1.54) is 17.1 Å². The Labute approximate surface area is 200 Å². The van der Waals surface area contributed by atoms with Gasteiger partial charge in [-0.1, -0.05) is 11.6 Å². The second-order valence-electron chi connectivity index (χ2n) is 9.27. The Balaban J connectivity index is 1.17. The number of hydrogen-bond acceptors (Lipinski definition) is 6. The third-order valence-electron chi connectivity index (χ3n) is 6.89. The Hall–Kier alpha value is -3.20. The van der Waals surface area contributed by atoms with E-state index in [0.29, 0.717) is 28.8 Å². The second-order valence-corrected chi connectivity index (χ2v) is 9.70. The molecular weight excluding hydrogens is 457 g/mol. The van der Waals surface area contributed by atoms with Gasteiger partial charge in [0.1, 0.15) is 0 Å². The highest BCUT2D eigenvalue weighted by atomic mass is 35.5. The van der Waals surface area contributed by atoms with Crippen LogP contribution in [0.3, 0.4) is 0 Å². The standard InChI is InChI=1S/C24H25ClFN7O/c25-16-4-6-19-20(11-16)30-24(29-19)33-22(34)18(21(31-33)15-2-3-15)5-1-14-7-9-32(10-8-14)23-27-12-17(26)13-28-23/h4,6,11-15,34H,1-3,5,7-10H2,(H,29,30). The molecule has 4 aromatic rings. The molecule has 1 aliphatic carbocycles. The summed E-state index contributed by atoms with van der Waals surface area (Å²) >= 11 is 6.10. The van der Waals surface area contributed by atoms with E-state index in [-0.39, 0.29) is 5.88 Å². The van der Waals surface area contributed by atoms with E-state index in [4.69, 9.17) is 16.7 Å². The van der Waals surface area contributed by atoms with E-state index in [1.807, 2.05) is 12.1 Å². The number of H-pyrrole nitrogens is 1. The summed E-state index contributed by atoms with van der Waals surface area (Å²) in [5.41, 5.74) is 3.52. The van der Waals surface area contributed by atoms with Gasteiger partial charge in [-0.3, -0.25) is 0 Å². The molecule has 1 saturated heterocycles. The van der Waals surface area contributed by atoms with Crippen molar-refractivity contribution in [3.8, 4) is 11.8 Å². The molecule has 34 heavy (non-hydrogen) atoms. The van der Waals surface area contributed by atoms with Gasteiger partial charge in [-0.25, -0.2) is 19.3 Å². The van der Waals surface area contributed by atoms with Gasteiger partial charge in [0.15, 0.2) is 5.82 Å². The fourth-order valence-electron chi connectivity index (χ4n) is 4.83. The zero-order valence-electron chi connectivity index (χ0n) is 18.6. The molecule has 1 saturated carbocycles. The predicted octanol–water partition coefficient (Wildman–Crippen LogP) is 4.76. The molecule has 4 heterocycles. The normalized spacial score (nSPS) is 17.1. The summed E-state index contributed by atoms with van der Waals surface area (Å²) in [6.07, 6.45) is 8.42. The fraction of sp³-hybridized carbons (Fsp3) is 0.417. The smallest absolute Gasteiger partial charge is 0.232 e. The third kappa shape index (κ3) is 4.09. The number of anilines is 1. The molecule has 0 amide bonds. The molecule has 10 heteroatoms. The van der Waals surface area contributed by atoms with E-state index < -0.39 is 5.82 Å². The maximum Gasteiger partial charge on any atom is 0.232 e. The summed E-state index contributed by atoms with van der Waals surface area (Å²) in [7, 11) is 0. The van der Waals surface area contributed by atoms with E-state index in [0.717, 1.165) is 73.9 Å². The van der Waals surface area contributed by atoms with Gasteiger partial charge in [-0.2, -0.15) is 9.78 Å². The molecule has 0 spiro atoms. The number of benzene rings is 1. The van der Waals surface area contributed by atoms with Crippen molar-refractivity contribution in [2.24, 2.45) is 5.92 Å². The molecule has 3 aromatic heterocycles. The number of aromatic nitrogens is 6. The highest BCUT2D eigenvalue weighted by molar-refractivity contribution is 6.31. The largest absolute Gasteiger partial charge is 0.493 e. The van der Waals surface area contributed by atoms with Crippen LogP contribution >= 0.6 is 11.6 Å². The maximum absolute atomic E-state index is 13.1. The fourth-order valence-corrected chi connectivity index (χ4v) is 5.00. The van der Waals surface area contributed by atoms with Gasteiger partial charge < -0.3 is 15.0 Å². The van der Waals surface area contributed by atoms with Crippen molar-refractivity contribution in [1.29, 1.82) is 0 Å². The van der Waals surface area contributed by atoms with Crippen molar-refractivity contribution < 1.29 is 9.50 Å². The minimum atomic E-state index is -0.420. The van der Waals surface area contributed by atoms with Gasteiger partial charge in [-0.05, 0) is 62.6 Å². The average Bonchev–Trinajstić information content (AvgIpc) is 3.52. The van der Waals surface area contributed by atoms with Crippen LogP contribution < -0.4 is 4.90 Å². The Kier molecular flexibility index (Phi) is 5.36. The van der Waals surface area contributed by atoms with Crippen LogP contribution in [0.5, 0.6) is 5.88 Å². The van der Waals surface area contributed by atoms with E-state index in [2.05, 4.69) is 24.8 Å². The Morgan fingerprint density at radius 2 is 1.88 bits per heavy atom. The second kappa shape index (κ2) is 8.54. The summed E-state index contributed by atoms with van der Waals surface area (Å²) in [6, 6.07) is 5.48. The summed E-state index contributed by atoms with van der Waals surface area (Å²) in [5, 5.41) is 16.5. The molecule has 0 radical (unpaired) electrons. The Bertz CT molecular complexity index is 1320. The number of aromatic amines is 1.